The molecule has 0 radical (unpaired) electrons. The van der Waals surface area contributed by atoms with Crippen molar-refractivity contribution in [2.45, 2.75) is 39.7 Å². The maximum Gasteiger partial charge on any atom is 0.242 e. The fourth-order valence-electron chi connectivity index (χ4n) is 3.69. The summed E-state index contributed by atoms with van der Waals surface area (Å²) in [6.45, 7) is 7.13. The van der Waals surface area contributed by atoms with E-state index in [4.69, 9.17) is 0 Å². The number of thiophene rings is 1. The fourth-order valence-corrected chi connectivity index (χ4v) is 4.59. The van der Waals surface area contributed by atoms with Gasteiger partial charge in [-0.2, -0.15) is 0 Å². The topological polar surface area (TPSA) is 40.6 Å². The monoisotopic (exact) mass is 370 g/mol. The van der Waals surface area contributed by atoms with Gasteiger partial charge >= 0.3 is 0 Å². The summed E-state index contributed by atoms with van der Waals surface area (Å²) in [5, 5.41) is 2.11. The van der Waals surface area contributed by atoms with Crippen molar-refractivity contribution in [2.75, 3.05) is 19.6 Å². The first-order chi connectivity index (χ1) is 12.5. The third-order valence-electron chi connectivity index (χ3n) is 5.03. The Kier molecular flexibility index (Phi) is 5.77. The van der Waals surface area contributed by atoms with Crippen LogP contribution in [0.2, 0.25) is 0 Å². The zero-order chi connectivity index (χ0) is 18.7. The van der Waals surface area contributed by atoms with Gasteiger partial charge in [-0.25, -0.2) is 0 Å². The van der Waals surface area contributed by atoms with Crippen molar-refractivity contribution in [3.63, 3.8) is 0 Å². The molecule has 0 fully saturated rings. The number of carbonyl (C=O) groups excluding carboxylic acids is 2. The minimum atomic E-state index is -0.0610. The van der Waals surface area contributed by atoms with Gasteiger partial charge in [0.2, 0.25) is 11.8 Å². The predicted octanol–water partition coefficient (Wildman–Crippen LogP) is 3.79. The van der Waals surface area contributed by atoms with Gasteiger partial charge in [0.25, 0.3) is 0 Å². The fraction of sp³-hybridized carbons (Fsp3) is 0.429. The first-order valence-electron chi connectivity index (χ1n) is 9.19. The van der Waals surface area contributed by atoms with Crippen LogP contribution in [0.3, 0.4) is 0 Å². The van der Waals surface area contributed by atoms with Gasteiger partial charge in [-0.15, -0.1) is 11.3 Å². The molecule has 1 atom stereocenters. The lowest BCUT2D eigenvalue weighted by molar-refractivity contribution is -0.140. The van der Waals surface area contributed by atoms with E-state index in [1.807, 2.05) is 24.0 Å². The van der Waals surface area contributed by atoms with E-state index < -0.39 is 0 Å². The summed E-state index contributed by atoms with van der Waals surface area (Å²) in [6.07, 6.45) is 1.73. The molecule has 138 valence electrons. The highest BCUT2D eigenvalue weighted by Gasteiger charge is 2.34. The van der Waals surface area contributed by atoms with Crippen molar-refractivity contribution in [3.05, 3.63) is 57.3 Å². The zero-order valence-electron chi connectivity index (χ0n) is 15.7. The number of hydrogen-bond donors (Lipinski definition) is 0. The van der Waals surface area contributed by atoms with Gasteiger partial charge < -0.3 is 9.80 Å². The highest BCUT2D eigenvalue weighted by atomic mass is 32.1. The molecule has 0 spiro atoms. The number of amides is 2. The van der Waals surface area contributed by atoms with Gasteiger partial charge in [0.1, 0.15) is 0 Å². The Morgan fingerprint density at radius 1 is 1.23 bits per heavy atom. The number of rotatable bonds is 5. The van der Waals surface area contributed by atoms with Crippen LogP contribution in [0.15, 0.2) is 35.7 Å². The molecule has 26 heavy (non-hydrogen) atoms. The molecule has 2 amide bonds. The average molecular weight is 371 g/mol. The summed E-state index contributed by atoms with van der Waals surface area (Å²) >= 11 is 1.77. The van der Waals surface area contributed by atoms with Crippen molar-refractivity contribution in [1.82, 2.24) is 9.80 Å². The molecular formula is C21H26N2O2S. The van der Waals surface area contributed by atoms with Gasteiger partial charge in [0, 0.05) is 24.9 Å². The minimum Gasteiger partial charge on any atom is -0.334 e. The van der Waals surface area contributed by atoms with Crippen LogP contribution in [0.25, 0.3) is 0 Å². The Labute approximate surface area is 159 Å². The SMILES string of the molecule is CCCN(CC(=O)N1CCc2sccc2[C@@H]1c1ccccc1C)C(C)=O. The Morgan fingerprint density at radius 2 is 2.00 bits per heavy atom. The van der Waals surface area contributed by atoms with E-state index in [1.54, 1.807) is 16.2 Å². The third kappa shape index (κ3) is 3.68. The molecule has 2 aromatic rings. The van der Waals surface area contributed by atoms with E-state index in [0.717, 1.165) is 12.8 Å². The third-order valence-corrected chi connectivity index (χ3v) is 6.03. The van der Waals surface area contributed by atoms with Crippen molar-refractivity contribution in [2.24, 2.45) is 0 Å². The van der Waals surface area contributed by atoms with Crippen molar-refractivity contribution in [1.29, 1.82) is 0 Å². The molecule has 2 heterocycles. The molecule has 0 saturated carbocycles. The van der Waals surface area contributed by atoms with Gasteiger partial charge in [-0.3, -0.25) is 9.59 Å². The smallest absolute Gasteiger partial charge is 0.242 e. The number of aryl methyl sites for hydroxylation is 1. The average Bonchev–Trinajstić information content (AvgIpc) is 3.09. The van der Waals surface area contributed by atoms with Crippen LogP contribution in [0.5, 0.6) is 0 Å². The van der Waals surface area contributed by atoms with Crippen LogP contribution in [-0.2, 0) is 16.0 Å². The second-order valence-electron chi connectivity index (χ2n) is 6.84. The second kappa shape index (κ2) is 8.04. The summed E-state index contributed by atoms with van der Waals surface area (Å²) in [5.74, 6) is -0.0142. The van der Waals surface area contributed by atoms with Gasteiger partial charge in [-0.05, 0) is 47.9 Å². The molecule has 1 aliphatic rings. The normalized spacial score (nSPS) is 16.3. The lowest BCUT2D eigenvalue weighted by Gasteiger charge is -2.38. The quantitative estimate of drug-likeness (QED) is 0.803. The summed E-state index contributed by atoms with van der Waals surface area (Å²) in [7, 11) is 0. The molecule has 0 N–H and O–H groups in total. The Balaban J connectivity index is 1.94. The molecule has 1 aromatic carbocycles. The molecule has 3 rings (SSSR count). The van der Waals surface area contributed by atoms with Crippen molar-refractivity contribution in [3.8, 4) is 0 Å². The van der Waals surface area contributed by atoms with Gasteiger partial charge in [0.05, 0.1) is 12.6 Å². The Hall–Kier alpha value is -2.14. The number of benzene rings is 1. The molecule has 1 aromatic heterocycles. The standard InChI is InChI=1S/C21H26N2O2S/c1-4-11-22(16(3)24)14-20(25)23-12-9-19-18(10-13-26-19)21(23)17-8-6-5-7-15(17)2/h5-8,10,13,21H,4,9,11-12,14H2,1-3H3/t21-/m0/s1. The number of nitrogens with zero attached hydrogens (tertiary/aromatic N) is 2. The molecule has 0 saturated heterocycles. The van der Waals surface area contributed by atoms with Crippen LogP contribution >= 0.6 is 11.3 Å². The maximum absolute atomic E-state index is 13.1. The predicted molar refractivity (Wildman–Crippen MR) is 105 cm³/mol. The van der Waals surface area contributed by atoms with Crippen molar-refractivity contribution >= 4 is 23.2 Å². The van der Waals surface area contributed by atoms with E-state index >= 15 is 0 Å². The molecular weight excluding hydrogens is 344 g/mol. The first kappa shape index (κ1) is 18.6. The van der Waals surface area contributed by atoms with E-state index in [9.17, 15) is 9.59 Å². The number of carbonyl (C=O) groups is 2. The number of hydrogen-bond acceptors (Lipinski definition) is 3. The van der Waals surface area contributed by atoms with E-state index in [1.165, 1.54) is 28.5 Å². The summed E-state index contributed by atoms with van der Waals surface area (Å²) in [6, 6.07) is 10.4. The van der Waals surface area contributed by atoms with Crippen molar-refractivity contribution < 1.29 is 9.59 Å². The molecule has 0 aliphatic carbocycles. The molecule has 4 nitrogen and oxygen atoms in total. The molecule has 1 aliphatic heterocycles. The van der Waals surface area contributed by atoms with Gasteiger partial charge in [-0.1, -0.05) is 31.2 Å². The second-order valence-corrected chi connectivity index (χ2v) is 7.84. The molecule has 0 unspecified atom stereocenters. The van der Waals surface area contributed by atoms with Crippen LogP contribution < -0.4 is 0 Å². The van der Waals surface area contributed by atoms with Crippen LogP contribution in [0.1, 0.15) is 47.9 Å². The summed E-state index contributed by atoms with van der Waals surface area (Å²) in [5.41, 5.74) is 3.59. The summed E-state index contributed by atoms with van der Waals surface area (Å²) < 4.78 is 0. The van der Waals surface area contributed by atoms with E-state index in [2.05, 4.69) is 30.5 Å². The lowest BCUT2D eigenvalue weighted by atomic mass is 9.90. The zero-order valence-corrected chi connectivity index (χ0v) is 16.5. The van der Waals surface area contributed by atoms with Gasteiger partial charge in [0.15, 0.2) is 0 Å². The highest BCUT2D eigenvalue weighted by Crippen LogP contribution is 2.38. The molecule has 0 bridgehead atoms. The first-order valence-corrected chi connectivity index (χ1v) is 10.1. The summed E-state index contributed by atoms with van der Waals surface area (Å²) in [4.78, 5) is 30.0. The maximum atomic E-state index is 13.1. The minimum absolute atomic E-state index is 0.0266. The highest BCUT2D eigenvalue weighted by molar-refractivity contribution is 7.10. The number of fused-ring (bicyclic) bond motifs is 1. The Morgan fingerprint density at radius 3 is 2.69 bits per heavy atom. The van der Waals surface area contributed by atoms with E-state index in [-0.39, 0.29) is 24.4 Å². The van der Waals surface area contributed by atoms with Crippen LogP contribution in [-0.4, -0.2) is 41.2 Å². The molecule has 5 heteroatoms. The Bertz CT molecular complexity index is 799. The van der Waals surface area contributed by atoms with E-state index in [0.29, 0.717) is 13.1 Å². The largest absolute Gasteiger partial charge is 0.334 e. The lowest BCUT2D eigenvalue weighted by Crippen LogP contribution is -2.46. The van der Waals surface area contributed by atoms with Crippen LogP contribution in [0, 0.1) is 6.92 Å². The van der Waals surface area contributed by atoms with Crippen LogP contribution in [0.4, 0.5) is 0 Å².